The van der Waals surface area contributed by atoms with Crippen molar-refractivity contribution in [3.63, 3.8) is 0 Å². The van der Waals surface area contributed by atoms with Gasteiger partial charge in [-0.05, 0) is 97.8 Å². The van der Waals surface area contributed by atoms with E-state index in [4.69, 9.17) is 4.74 Å². The summed E-state index contributed by atoms with van der Waals surface area (Å²) >= 11 is 0. The van der Waals surface area contributed by atoms with Gasteiger partial charge in [0.15, 0.2) is 0 Å². The highest BCUT2D eigenvalue weighted by Gasteiger charge is 2.46. The molecule has 0 aliphatic heterocycles. The van der Waals surface area contributed by atoms with E-state index in [2.05, 4.69) is 19.1 Å². The summed E-state index contributed by atoms with van der Waals surface area (Å²) in [5.41, 5.74) is 4.11. The molecule has 0 amide bonds. The monoisotopic (exact) mass is 342 g/mol. The molecule has 0 spiro atoms. The second-order valence-corrected chi connectivity index (χ2v) is 8.98. The van der Waals surface area contributed by atoms with E-state index in [9.17, 15) is 5.11 Å². The normalized spacial score (nSPS) is 32.4. The van der Waals surface area contributed by atoms with Gasteiger partial charge in [-0.1, -0.05) is 25.3 Å². The zero-order chi connectivity index (χ0) is 17.4. The molecule has 3 aliphatic rings. The van der Waals surface area contributed by atoms with Gasteiger partial charge in [0.1, 0.15) is 5.75 Å². The number of phenolic OH excluding ortho intramolecular Hbond substituents is 1. The lowest BCUT2D eigenvalue weighted by Gasteiger charge is -2.31. The largest absolute Gasteiger partial charge is 0.508 e. The molecule has 2 nitrogen and oxygen atoms in total. The van der Waals surface area contributed by atoms with Crippen molar-refractivity contribution >= 4 is 0 Å². The highest BCUT2D eigenvalue weighted by atomic mass is 16.5. The van der Waals surface area contributed by atoms with E-state index >= 15 is 0 Å². The Hall–Kier alpha value is -1.02. The van der Waals surface area contributed by atoms with Crippen LogP contribution in [0, 0.1) is 24.7 Å². The predicted molar refractivity (Wildman–Crippen MR) is 102 cm³/mol. The summed E-state index contributed by atoms with van der Waals surface area (Å²) in [6, 6.07) is 4.48. The van der Waals surface area contributed by atoms with Crippen molar-refractivity contribution in [2.45, 2.75) is 76.5 Å². The van der Waals surface area contributed by atoms with E-state index in [-0.39, 0.29) is 0 Å². The van der Waals surface area contributed by atoms with Crippen molar-refractivity contribution < 1.29 is 9.84 Å². The topological polar surface area (TPSA) is 29.5 Å². The van der Waals surface area contributed by atoms with Crippen LogP contribution < -0.4 is 0 Å². The first-order valence-electron chi connectivity index (χ1n) is 10.5. The van der Waals surface area contributed by atoms with Gasteiger partial charge in [0, 0.05) is 13.7 Å². The SMILES string of the molecule is COCCC1CC2CC1CC2c1cc(C2CCCCC2)c(O)cc1C. The van der Waals surface area contributed by atoms with Crippen molar-refractivity contribution in [1.82, 2.24) is 0 Å². The third kappa shape index (κ3) is 3.35. The van der Waals surface area contributed by atoms with Crippen LogP contribution in [0.15, 0.2) is 12.1 Å². The van der Waals surface area contributed by atoms with Gasteiger partial charge in [-0.25, -0.2) is 0 Å². The summed E-state index contributed by atoms with van der Waals surface area (Å²) in [6.45, 7) is 3.12. The molecule has 138 valence electrons. The van der Waals surface area contributed by atoms with E-state index in [1.165, 1.54) is 68.9 Å². The number of hydrogen-bond acceptors (Lipinski definition) is 2. The lowest BCUT2D eigenvalue weighted by molar-refractivity contribution is 0.157. The van der Waals surface area contributed by atoms with Crippen molar-refractivity contribution in [2.75, 3.05) is 13.7 Å². The summed E-state index contributed by atoms with van der Waals surface area (Å²) < 4.78 is 5.31. The zero-order valence-electron chi connectivity index (χ0n) is 16.0. The molecule has 2 heteroatoms. The molecule has 3 aliphatic carbocycles. The molecule has 4 atom stereocenters. The lowest BCUT2D eigenvalue weighted by Crippen LogP contribution is -2.19. The fourth-order valence-electron chi connectivity index (χ4n) is 6.27. The van der Waals surface area contributed by atoms with Crippen molar-refractivity contribution in [3.05, 3.63) is 28.8 Å². The molecule has 1 aromatic carbocycles. The Morgan fingerprint density at radius 3 is 2.48 bits per heavy atom. The van der Waals surface area contributed by atoms with Crippen molar-refractivity contribution in [1.29, 1.82) is 0 Å². The van der Waals surface area contributed by atoms with Gasteiger partial charge in [-0.15, -0.1) is 0 Å². The van der Waals surface area contributed by atoms with Gasteiger partial charge in [-0.3, -0.25) is 0 Å². The van der Waals surface area contributed by atoms with Gasteiger partial charge in [0.25, 0.3) is 0 Å². The number of phenols is 1. The van der Waals surface area contributed by atoms with E-state index in [1.807, 2.05) is 7.11 Å². The average molecular weight is 343 g/mol. The van der Waals surface area contributed by atoms with Gasteiger partial charge in [-0.2, -0.15) is 0 Å². The van der Waals surface area contributed by atoms with Gasteiger partial charge in [0.05, 0.1) is 0 Å². The highest BCUT2D eigenvalue weighted by molar-refractivity contribution is 5.45. The molecule has 4 unspecified atom stereocenters. The number of methoxy groups -OCH3 is 1. The molecule has 1 N–H and O–H groups in total. The van der Waals surface area contributed by atoms with Gasteiger partial charge >= 0.3 is 0 Å². The van der Waals surface area contributed by atoms with E-state index < -0.39 is 0 Å². The first-order chi connectivity index (χ1) is 12.2. The Kier molecular flexibility index (Phi) is 5.08. The fraction of sp³-hybridized carbons (Fsp3) is 0.739. The quantitative estimate of drug-likeness (QED) is 0.720. The van der Waals surface area contributed by atoms with Gasteiger partial charge < -0.3 is 9.84 Å². The number of aromatic hydroxyl groups is 1. The minimum absolute atomic E-state index is 0.550. The second-order valence-electron chi connectivity index (χ2n) is 8.98. The minimum Gasteiger partial charge on any atom is -0.508 e. The second kappa shape index (κ2) is 7.31. The molecular formula is C23H34O2. The van der Waals surface area contributed by atoms with Crippen LogP contribution in [-0.4, -0.2) is 18.8 Å². The third-order valence-electron chi connectivity index (χ3n) is 7.56. The molecular weight excluding hydrogens is 308 g/mol. The maximum absolute atomic E-state index is 10.6. The summed E-state index contributed by atoms with van der Waals surface area (Å²) in [6.07, 6.45) is 11.9. The van der Waals surface area contributed by atoms with Crippen LogP contribution in [0.2, 0.25) is 0 Å². The number of benzene rings is 1. The first kappa shape index (κ1) is 17.4. The van der Waals surface area contributed by atoms with Crippen LogP contribution in [0.3, 0.4) is 0 Å². The molecule has 25 heavy (non-hydrogen) atoms. The average Bonchev–Trinajstić information content (AvgIpc) is 3.21. The standard InChI is InChI=1S/C23H34O2/c1-15-10-23(24)22(16-6-4-3-5-7-16)14-20(15)21-13-18-12-19(21)11-17(18)8-9-25-2/h10,14,16-19,21,24H,3-9,11-13H2,1-2H3. The Balaban J connectivity index is 1.53. The Bertz CT molecular complexity index is 602. The smallest absolute Gasteiger partial charge is 0.119 e. The maximum atomic E-state index is 10.6. The van der Waals surface area contributed by atoms with Crippen molar-refractivity contribution in [3.8, 4) is 5.75 Å². The molecule has 3 fully saturated rings. The number of rotatable bonds is 5. The van der Waals surface area contributed by atoms with E-state index in [1.54, 1.807) is 5.56 Å². The minimum atomic E-state index is 0.550. The molecule has 0 heterocycles. The Morgan fingerprint density at radius 1 is 1.00 bits per heavy atom. The number of aryl methyl sites for hydroxylation is 1. The number of hydrogen-bond donors (Lipinski definition) is 1. The molecule has 0 aromatic heterocycles. The molecule has 0 radical (unpaired) electrons. The van der Waals surface area contributed by atoms with Crippen LogP contribution in [-0.2, 0) is 4.74 Å². The molecule has 1 aromatic rings. The van der Waals surface area contributed by atoms with Crippen molar-refractivity contribution in [2.24, 2.45) is 17.8 Å². The fourth-order valence-corrected chi connectivity index (χ4v) is 6.27. The molecule has 2 bridgehead atoms. The number of ether oxygens (including phenoxy) is 1. The molecule has 3 saturated carbocycles. The van der Waals surface area contributed by atoms with Crippen LogP contribution in [0.25, 0.3) is 0 Å². The predicted octanol–water partition coefficient (Wildman–Crippen LogP) is 5.91. The van der Waals surface area contributed by atoms with Gasteiger partial charge in [0.2, 0.25) is 0 Å². The lowest BCUT2D eigenvalue weighted by atomic mass is 9.75. The summed E-state index contributed by atoms with van der Waals surface area (Å²) in [5, 5.41) is 10.6. The third-order valence-corrected chi connectivity index (χ3v) is 7.56. The maximum Gasteiger partial charge on any atom is 0.119 e. The summed E-state index contributed by atoms with van der Waals surface area (Å²) in [4.78, 5) is 0. The summed E-state index contributed by atoms with van der Waals surface area (Å²) in [5.74, 6) is 4.50. The van der Waals surface area contributed by atoms with Crippen LogP contribution in [0.4, 0.5) is 0 Å². The van der Waals surface area contributed by atoms with Crippen LogP contribution in [0.5, 0.6) is 5.75 Å². The van der Waals surface area contributed by atoms with E-state index in [0.29, 0.717) is 11.7 Å². The van der Waals surface area contributed by atoms with Crippen LogP contribution >= 0.6 is 0 Å². The number of fused-ring (bicyclic) bond motifs is 2. The van der Waals surface area contributed by atoms with Crippen LogP contribution in [0.1, 0.15) is 86.3 Å². The Morgan fingerprint density at radius 2 is 1.80 bits per heavy atom. The highest BCUT2D eigenvalue weighted by Crippen LogP contribution is 2.57. The first-order valence-corrected chi connectivity index (χ1v) is 10.5. The molecule has 4 rings (SSSR count). The summed E-state index contributed by atoms with van der Waals surface area (Å²) in [7, 11) is 1.82. The van der Waals surface area contributed by atoms with E-state index in [0.717, 1.165) is 30.3 Å². The zero-order valence-corrected chi connectivity index (χ0v) is 16.0. The Labute approximate surface area is 153 Å². The molecule has 0 saturated heterocycles.